The number of hydrogen-bond acceptors (Lipinski definition) is 3. The largest absolute Gasteiger partial charge is 0.497 e. The summed E-state index contributed by atoms with van der Waals surface area (Å²) >= 11 is 0. The Morgan fingerprint density at radius 1 is 1.21 bits per heavy atom. The zero-order valence-electron chi connectivity index (χ0n) is 14.7. The van der Waals surface area contributed by atoms with Gasteiger partial charge in [0.2, 0.25) is 5.91 Å². The highest BCUT2D eigenvalue weighted by Crippen LogP contribution is 2.40. The maximum absolute atomic E-state index is 12.1. The van der Waals surface area contributed by atoms with E-state index in [0.29, 0.717) is 0 Å². The highest BCUT2D eigenvalue weighted by Gasteiger charge is 2.32. The van der Waals surface area contributed by atoms with Gasteiger partial charge in [-0.05, 0) is 50.6 Å². The number of hydrogen-bond donors (Lipinski definition) is 1. The molecule has 0 fully saturated rings. The molecule has 1 amide bonds. The fourth-order valence-electron chi connectivity index (χ4n) is 3.44. The molecule has 126 valence electrons. The van der Waals surface area contributed by atoms with E-state index in [1.807, 2.05) is 23.1 Å². The molecule has 2 atom stereocenters. The average Bonchev–Trinajstić information content (AvgIpc) is 2.56. The van der Waals surface area contributed by atoms with Crippen LogP contribution in [-0.2, 0) is 4.79 Å². The van der Waals surface area contributed by atoms with E-state index in [-0.39, 0.29) is 18.0 Å². The Morgan fingerprint density at radius 2 is 1.92 bits per heavy atom. The third-order valence-corrected chi connectivity index (χ3v) is 4.62. The Hall–Kier alpha value is -2.49. The van der Waals surface area contributed by atoms with Crippen LogP contribution >= 0.6 is 0 Å². The summed E-state index contributed by atoms with van der Waals surface area (Å²) in [4.78, 5) is 14.0. The van der Waals surface area contributed by atoms with Crippen molar-refractivity contribution in [3.05, 3.63) is 53.6 Å². The van der Waals surface area contributed by atoms with Crippen molar-refractivity contribution < 1.29 is 9.53 Å². The van der Waals surface area contributed by atoms with Gasteiger partial charge in [-0.2, -0.15) is 0 Å². The first-order valence-electron chi connectivity index (χ1n) is 8.30. The highest BCUT2D eigenvalue weighted by atomic mass is 16.5. The third-order valence-electron chi connectivity index (χ3n) is 4.62. The Balaban J connectivity index is 1.99. The molecule has 4 heteroatoms. The van der Waals surface area contributed by atoms with Crippen molar-refractivity contribution in [2.45, 2.75) is 39.3 Å². The lowest BCUT2D eigenvalue weighted by molar-refractivity contribution is -0.117. The molecular weight excluding hydrogens is 300 g/mol. The molecule has 3 rings (SSSR count). The molecule has 2 aromatic carbocycles. The Bertz CT molecular complexity index is 740. The first kappa shape index (κ1) is 16.4. The van der Waals surface area contributed by atoms with Crippen LogP contribution in [0.15, 0.2) is 42.5 Å². The monoisotopic (exact) mass is 324 g/mol. The molecule has 0 saturated heterocycles. The minimum atomic E-state index is 0.0719. The van der Waals surface area contributed by atoms with Crippen LogP contribution in [0, 0.1) is 6.92 Å². The predicted molar refractivity (Wildman–Crippen MR) is 97.8 cm³/mol. The van der Waals surface area contributed by atoms with E-state index in [2.05, 4.69) is 43.4 Å². The van der Waals surface area contributed by atoms with Gasteiger partial charge in [0.25, 0.3) is 0 Å². The molecule has 0 unspecified atom stereocenters. The lowest BCUT2D eigenvalue weighted by atomic mass is 9.91. The number of aryl methyl sites for hydroxylation is 1. The molecule has 1 N–H and O–H groups in total. The van der Waals surface area contributed by atoms with Crippen LogP contribution < -0.4 is 15.0 Å². The number of amides is 1. The maximum Gasteiger partial charge on any atom is 0.224 e. The van der Waals surface area contributed by atoms with E-state index in [9.17, 15) is 4.79 Å². The highest BCUT2D eigenvalue weighted by molar-refractivity contribution is 5.94. The number of benzene rings is 2. The maximum atomic E-state index is 12.1. The molecule has 1 aliphatic heterocycles. The SMILES string of the molecule is COc1ccc2c(c1)[C@H](Nc1ccc(C)cc1)C[C@H](C)N2C(C)=O. The van der Waals surface area contributed by atoms with Crippen molar-refractivity contribution in [2.75, 3.05) is 17.3 Å². The van der Waals surface area contributed by atoms with Crippen LogP contribution in [0.1, 0.15) is 37.4 Å². The van der Waals surface area contributed by atoms with Crippen molar-refractivity contribution in [1.29, 1.82) is 0 Å². The molecule has 24 heavy (non-hydrogen) atoms. The summed E-state index contributed by atoms with van der Waals surface area (Å²) < 4.78 is 5.39. The Morgan fingerprint density at radius 3 is 2.54 bits per heavy atom. The molecule has 4 nitrogen and oxygen atoms in total. The third kappa shape index (κ3) is 3.09. The topological polar surface area (TPSA) is 41.6 Å². The number of anilines is 2. The first-order chi connectivity index (χ1) is 11.5. The number of methoxy groups -OCH3 is 1. The second kappa shape index (κ2) is 6.56. The van der Waals surface area contributed by atoms with Crippen molar-refractivity contribution >= 4 is 17.3 Å². The van der Waals surface area contributed by atoms with E-state index in [1.54, 1.807) is 14.0 Å². The number of nitrogens with zero attached hydrogens (tertiary/aromatic N) is 1. The van der Waals surface area contributed by atoms with Crippen LogP contribution in [0.5, 0.6) is 5.75 Å². The minimum Gasteiger partial charge on any atom is -0.497 e. The Kier molecular flexibility index (Phi) is 4.47. The number of carbonyl (C=O) groups excluding carboxylic acids is 1. The van der Waals surface area contributed by atoms with Gasteiger partial charge in [0, 0.05) is 29.9 Å². The van der Waals surface area contributed by atoms with Gasteiger partial charge in [-0.25, -0.2) is 0 Å². The molecule has 1 heterocycles. The number of ether oxygens (including phenoxy) is 1. The van der Waals surface area contributed by atoms with Gasteiger partial charge in [0.1, 0.15) is 5.75 Å². The van der Waals surface area contributed by atoms with Gasteiger partial charge in [-0.3, -0.25) is 4.79 Å². The molecule has 1 aliphatic rings. The van der Waals surface area contributed by atoms with Crippen LogP contribution in [0.4, 0.5) is 11.4 Å². The molecular formula is C20H24N2O2. The standard InChI is InChI=1S/C20H24N2O2/c1-13-5-7-16(8-6-13)21-19-11-14(2)22(15(3)23)20-10-9-17(24-4)12-18(19)20/h5-10,12,14,19,21H,11H2,1-4H3/t14-,19+/m0/s1. The summed E-state index contributed by atoms with van der Waals surface area (Å²) in [7, 11) is 1.67. The fraction of sp³-hybridized carbons (Fsp3) is 0.350. The van der Waals surface area contributed by atoms with Gasteiger partial charge in [-0.15, -0.1) is 0 Å². The summed E-state index contributed by atoms with van der Waals surface area (Å²) in [5.41, 5.74) is 4.39. The predicted octanol–water partition coefficient (Wildman–Crippen LogP) is 4.30. The zero-order valence-corrected chi connectivity index (χ0v) is 14.7. The van der Waals surface area contributed by atoms with Gasteiger partial charge < -0.3 is 15.0 Å². The molecule has 2 aromatic rings. The lowest BCUT2D eigenvalue weighted by Crippen LogP contribution is -2.43. The summed E-state index contributed by atoms with van der Waals surface area (Å²) in [6.07, 6.45) is 0.855. The second-order valence-corrected chi connectivity index (χ2v) is 6.46. The van der Waals surface area contributed by atoms with E-state index in [0.717, 1.165) is 29.1 Å². The first-order valence-corrected chi connectivity index (χ1v) is 8.30. The average molecular weight is 324 g/mol. The Labute approximate surface area is 143 Å². The normalized spacial score (nSPS) is 19.6. The number of carbonyl (C=O) groups is 1. The number of rotatable bonds is 3. The van der Waals surface area contributed by atoms with Gasteiger partial charge in [0.15, 0.2) is 0 Å². The quantitative estimate of drug-likeness (QED) is 0.915. The summed E-state index contributed by atoms with van der Waals surface area (Å²) in [5, 5.41) is 3.61. The second-order valence-electron chi connectivity index (χ2n) is 6.46. The minimum absolute atomic E-state index is 0.0719. The van der Waals surface area contributed by atoms with Gasteiger partial charge in [-0.1, -0.05) is 17.7 Å². The molecule has 0 aliphatic carbocycles. The zero-order chi connectivity index (χ0) is 17.3. The van der Waals surface area contributed by atoms with Crippen LogP contribution in [0.3, 0.4) is 0 Å². The number of fused-ring (bicyclic) bond motifs is 1. The summed E-state index contributed by atoms with van der Waals surface area (Å²) in [6.45, 7) is 5.80. The van der Waals surface area contributed by atoms with E-state index in [4.69, 9.17) is 4.74 Å². The van der Waals surface area contributed by atoms with E-state index < -0.39 is 0 Å². The molecule has 0 spiro atoms. The van der Waals surface area contributed by atoms with Crippen molar-refractivity contribution in [3.8, 4) is 5.75 Å². The van der Waals surface area contributed by atoms with Gasteiger partial charge >= 0.3 is 0 Å². The molecule has 0 radical (unpaired) electrons. The van der Waals surface area contributed by atoms with Gasteiger partial charge in [0.05, 0.1) is 13.2 Å². The smallest absolute Gasteiger partial charge is 0.224 e. The van der Waals surface area contributed by atoms with Crippen molar-refractivity contribution in [2.24, 2.45) is 0 Å². The van der Waals surface area contributed by atoms with E-state index in [1.165, 1.54) is 5.56 Å². The summed E-state index contributed by atoms with van der Waals surface area (Å²) in [5.74, 6) is 0.880. The molecule has 0 bridgehead atoms. The van der Waals surface area contributed by atoms with Crippen LogP contribution in [-0.4, -0.2) is 19.1 Å². The lowest BCUT2D eigenvalue weighted by Gasteiger charge is -2.39. The van der Waals surface area contributed by atoms with E-state index >= 15 is 0 Å². The van der Waals surface area contributed by atoms with Crippen molar-refractivity contribution in [3.63, 3.8) is 0 Å². The van der Waals surface area contributed by atoms with Crippen LogP contribution in [0.25, 0.3) is 0 Å². The van der Waals surface area contributed by atoms with Crippen LogP contribution in [0.2, 0.25) is 0 Å². The fourth-order valence-corrected chi connectivity index (χ4v) is 3.44. The van der Waals surface area contributed by atoms with Crippen molar-refractivity contribution in [1.82, 2.24) is 0 Å². The molecule has 0 aromatic heterocycles. The summed E-state index contributed by atoms with van der Waals surface area (Å²) in [6, 6.07) is 14.6. The number of nitrogens with one attached hydrogen (secondary N) is 1. The molecule has 0 saturated carbocycles.